The van der Waals surface area contributed by atoms with Crippen molar-refractivity contribution in [3.05, 3.63) is 58.4 Å². The zero-order chi connectivity index (χ0) is 13.9. The predicted molar refractivity (Wildman–Crippen MR) is 73.4 cm³/mol. The Morgan fingerprint density at radius 3 is 3.05 bits per heavy atom. The Labute approximate surface area is 117 Å². The van der Waals surface area contributed by atoms with E-state index in [0.29, 0.717) is 16.7 Å². The van der Waals surface area contributed by atoms with Crippen LogP contribution in [0.25, 0.3) is 5.78 Å². The van der Waals surface area contributed by atoms with Gasteiger partial charge in [-0.1, -0.05) is 23.9 Å². The van der Waals surface area contributed by atoms with Gasteiger partial charge in [-0.25, -0.2) is 9.50 Å². The number of hydrogen-bond donors (Lipinski definition) is 0. The number of nitrogens with zero attached hydrogens (tertiary/aromatic N) is 5. The van der Waals surface area contributed by atoms with E-state index in [4.69, 9.17) is 0 Å². The van der Waals surface area contributed by atoms with Gasteiger partial charge < -0.3 is 0 Å². The maximum atomic E-state index is 10.7. The van der Waals surface area contributed by atoms with Crippen LogP contribution >= 0.6 is 11.8 Å². The van der Waals surface area contributed by atoms with Crippen LogP contribution in [0.4, 0.5) is 5.69 Å². The quantitative estimate of drug-likeness (QED) is 0.416. The lowest BCUT2D eigenvalue weighted by atomic mass is 10.2. The summed E-state index contributed by atoms with van der Waals surface area (Å²) in [5, 5.41) is 15.6. The Balaban J connectivity index is 1.75. The molecule has 0 aliphatic heterocycles. The maximum Gasteiger partial charge on any atom is 0.269 e. The van der Waals surface area contributed by atoms with Crippen molar-refractivity contribution >= 4 is 23.2 Å². The summed E-state index contributed by atoms with van der Waals surface area (Å²) in [5.41, 5.74) is 0.948. The summed E-state index contributed by atoms with van der Waals surface area (Å²) < 4.78 is 1.59. The van der Waals surface area contributed by atoms with Gasteiger partial charge in [0.1, 0.15) is 0 Å². The van der Waals surface area contributed by atoms with Crippen LogP contribution in [0, 0.1) is 10.1 Å². The number of hydrogen-bond acceptors (Lipinski definition) is 6. The van der Waals surface area contributed by atoms with E-state index in [1.165, 1.54) is 17.8 Å². The minimum Gasteiger partial charge on any atom is -0.258 e. The summed E-state index contributed by atoms with van der Waals surface area (Å²) in [6.45, 7) is 0. The van der Waals surface area contributed by atoms with Crippen molar-refractivity contribution in [1.29, 1.82) is 0 Å². The number of non-ortho nitro benzene ring substituents is 1. The largest absolute Gasteiger partial charge is 0.269 e. The standard InChI is InChI=1S/C12H9N5O2S/c18-17(19)10-4-1-3-9(7-10)8-20-12-14-11-13-5-2-6-16(11)15-12/h1-7H,8H2. The predicted octanol–water partition coefficient (Wildman–Crippen LogP) is 2.32. The highest BCUT2D eigenvalue weighted by molar-refractivity contribution is 7.98. The highest BCUT2D eigenvalue weighted by Crippen LogP contribution is 2.22. The molecule has 0 N–H and O–H groups in total. The first-order chi connectivity index (χ1) is 9.72. The second-order valence-corrected chi connectivity index (χ2v) is 4.92. The maximum absolute atomic E-state index is 10.7. The average Bonchev–Trinajstić information content (AvgIpc) is 2.88. The van der Waals surface area contributed by atoms with Crippen molar-refractivity contribution in [3.63, 3.8) is 0 Å². The molecule has 7 nitrogen and oxygen atoms in total. The molecule has 0 unspecified atom stereocenters. The van der Waals surface area contributed by atoms with Crippen LogP contribution in [0.3, 0.4) is 0 Å². The van der Waals surface area contributed by atoms with Crippen LogP contribution in [-0.2, 0) is 5.75 Å². The van der Waals surface area contributed by atoms with E-state index in [1.807, 2.05) is 6.07 Å². The van der Waals surface area contributed by atoms with Gasteiger partial charge in [0.25, 0.3) is 11.5 Å². The van der Waals surface area contributed by atoms with E-state index in [9.17, 15) is 10.1 Å². The van der Waals surface area contributed by atoms with Crippen molar-refractivity contribution < 1.29 is 4.92 Å². The van der Waals surface area contributed by atoms with Gasteiger partial charge in [-0.2, -0.15) is 4.98 Å². The van der Waals surface area contributed by atoms with Crippen LogP contribution in [0.1, 0.15) is 5.56 Å². The van der Waals surface area contributed by atoms with E-state index in [1.54, 1.807) is 35.1 Å². The topological polar surface area (TPSA) is 86.2 Å². The van der Waals surface area contributed by atoms with Crippen LogP contribution in [-0.4, -0.2) is 24.5 Å². The highest BCUT2D eigenvalue weighted by Gasteiger charge is 2.08. The molecular formula is C12H9N5O2S. The molecule has 100 valence electrons. The molecule has 2 heterocycles. The molecule has 1 aromatic carbocycles. The number of aromatic nitrogens is 4. The van der Waals surface area contributed by atoms with Crippen molar-refractivity contribution in [1.82, 2.24) is 19.6 Å². The van der Waals surface area contributed by atoms with Crippen molar-refractivity contribution in [2.45, 2.75) is 10.9 Å². The molecule has 0 spiro atoms. The minimum atomic E-state index is -0.402. The van der Waals surface area contributed by atoms with E-state index in [0.717, 1.165) is 5.56 Å². The molecule has 0 radical (unpaired) electrons. The number of nitro groups is 1. The van der Waals surface area contributed by atoms with Gasteiger partial charge in [-0.3, -0.25) is 10.1 Å². The van der Waals surface area contributed by atoms with E-state index in [2.05, 4.69) is 15.1 Å². The molecule has 0 aliphatic rings. The van der Waals surface area contributed by atoms with Crippen molar-refractivity contribution in [2.75, 3.05) is 0 Å². The third-order valence-corrected chi connectivity index (χ3v) is 3.50. The first kappa shape index (κ1) is 12.5. The fourth-order valence-electron chi connectivity index (χ4n) is 1.68. The fourth-order valence-corrected chi connectivity index (χ4v) is 2.45. The van der Waals surface area contributed by atoms with Gasteiger partial charge in [0.15, 0.2) is 0 Å². The van der Waals surface area contributed by atoms with Gasteiger partial charge in [0, 0.05) is 30.3 Å². The number of fused-ring (bicyclic) bond motifs is 1. The first-order valence-corrected chi connectivity index (χ1v) is 6.74. The number of thioether (sulfide) groups is 1. The summed E-state index contributed by atoms with van der Waals surface area (Å²) in [6.07, 6.45) is 3.42. The molecule has 0 atom stereocenters. The van der Waals surface area contributed by atoms with Gasteiger partial charge in [-0.15, -0.1) is 5.10 Å². The third kappa shape index (κ3) is 2.59. The lowest BCUT2D eigenvalue weighted by Crippen LogP contribution is -1.89. The molecule has 0 amide bonds. The second kappa shape index (κ2) is 5.25. The summed E-state index contributed by atoms with van der Waals surface area (Å²) >= 11 is 1.41. The Morgan fingerprint density at radius 1 is 1.35 bits per heavy atom. The van der Waals surface area contributed by atoms with Gasteiger partial charge in [0.2, 0.25) is 5.16 Å². The Morgan fingerprint density at radius 2 is 2.25 bits per heavy atom. The zero-order valence-corrected chi connectivity index (χ0v) is 11.0. The third-order valence-electron chi connectivity index (χ3n) is 2.59. The molecule has 0 saturated carbocycles. The van der Waals surface area contributed by atoms with Crippen LogP contribution in [0.2, 0.25) is 0 Å². The first-order valence-electron chi connectivity index (χ1n) is 5.76. The second-order valence-electron chi connectivity index (χ2n) is 3.97. The lowest BCUT2D eigenvalue weighted by Gasteiger charge is -1.98. The van der Waals surface area contributed by atoms with E-state index in [-0.39, 0.29) is 5.69 Å². The van der Waals surface area contributed by atoms with Crippen molar-refractivity contribution in [2.24, 2.45) is 0 Å². The van der Waals surface area contributed by atoms with Crippen LogP contribution < -0.4 is 0 Å². The van der Waals surface area contributed by atoms with Crippen molar-refractivity contribution in [3.8, 4) is 0 Å². The Hall–Kier alpha value is -2.48. The fraction of sp³-hybridized carbons (Fsp3) is 0.0833. The van der Waals surface area contributed by atoms with Gasteiger partial charge in [-0.05, 0) is 11.6 Å². The molecule has 0 bridgehead atoms. The number of benzene rings is 1. The van der Waals surface area contributed by atoms with Crippen LogP contribution in [0.15, 0.2) is 47.9 Å². The molecule has 0 saturated heterocycles. The SMILES string of the molecule is O=[N+]([O-])c1cccc(CSc2nc3ncccn3n2)c1. The van der Waals surface area contributed by atoms with E-state index >= 15 is 0 Å². The molecule has 3 aromatic rings. The lowest BCUT2D eigenvalue weighted by molar-refractivity contribution is -0.384. The molecular weight excluding hydrogens is 278 g/mol. The Kier molecular flexibility index (Phi) is 3.30. The van der Waals surface area contributed by atoms with Gasteiger partial charge in [0.05, 0.1) is 4.92 Å². The highest BCUT2D eigenvalue weighted by atomic mass is 32.2. The molecule has 8 heteroatoms. The number of nitro benzene ring substituents is 1. The zero-order valence-electron chi connectivity index (χ0n) is 10.2. The monoisotopic (exact) mass is 287 g/mol. The molecule has 20 heavy (non-hydrogen) atoms. The normalized spacial score (nSPS) is 10.8. The van der Waals surface area contributed by atoms with E-state index < -0.39 is 4.92 Å². The minimum absolute atomic E-state index is 0.0905. The molecule has 3 rings (SSSR count). The molecule has 2 aromatic heterocycles. The Bertz CT molecular complexity index is 740. The average molecular weight is 287 g/mol. The summed E-state index contributed by atoms with van der Waals surface area (Å²) in [6, 6.07) is 8.32. The van der Waals surface area contributed by atoms with Gasteiger partial charge >= 0.3 is 0 Å². The summed E-state index contributed by atoms with van der Waals surface area (Å²) in [5.74, 6) is 1.10. The number of rotatable bonds is 4. The summed E-state index contributed by atoms with van der Waals surface area (Å²) in [4.78, 5) is 18.6. The summed E-state index contributed by atoms with van der Waals surface area (Å²) in [7, 11) is 0. The smallest absolute Gasteiger partial charge is 0.258 e. The van der Waals surface area contributed by atoms with Crippen LogP contribution in [0.5, 0.6) is 0 Å². The molecule has 0 aliphatic carbocycles. The molecule has 0 fully saturated rings.